The predicted molar refractivity (Wildman–Crippen MR) is 97.4 cm³/mol. The zero-order valence-corrected chi connectivity index (χ0v) is 15.2. The van der Waals surface area contributed by atoms with E-state index in [1.54, 1.807) is 18.5 Å². The average molecular weight is 427 g/mol. The Hall–Kier alpha value is -3.40. The molecule has 27 heavy (non-hydrogen) atoms. The summed E-state index contributed by atoms with van der Waals surface area (Å²) in [5, 5.41) is 21.0. The first-order chi connectivity index (χ1) is 13.1. The summed E-state index contributed by atoms with van der Waals surface area (Å²) in [6.45, 7) is 0. The number of rotatable bonds is 4. The number of ether oxygens (including phenoxy) is 1. The molecule has 9 nitrogen and oxygen atoms in total. The van der Waals surface area contributed by atoms with Gasteiger partial charge in [-0.25, -0.2) is 14.8 Å². The second-order valence-electron chi connectivity index (χ2n) is 5.53. The molecule has 0 spiro atoms. The molecular weight excluding hydrogens is 416 g/mol. The summed E-state index contributed by atoms with van der Waals surface area (Å²) in [6, 6.07) is 10.8. The number of benzene rings is 1. The van der Waals surface area contributed by atoms with Crippen molar-refractivity contribution >= 4 is 27.7 Å². The summed E-state index contributed by atoms with van der Waals surface area (Å²) in [5.74, 6) is 1.11. The summed E-state index contributed by atoms with van der Waals surface area (Å²) in [4.78, 5) is 19.3. The normalized spacial score (nSPS) is 10.9. The summed E-state index contributed by atoms with van der Waals surface area (Å²) in [5.41, 5.74) is 2.33. The monoisotopic (exact) mass is 426 g/mol. The molecule has 0 aliphatic rings. The van der Waals surface area contributed by atoms with Crippen LogP contribution in [0.25, 0.3) is 17.0 Å². The van der Waals surface area contributed by atoms with Crippen LogP contribution >= 0.6 is 15.9 Å². The predicted octanol–water partition coefficient (Wildman–Crippen LogP) is 2.99. The Morgan fingerprint density at radius 1 is 1.15 bits per heavy atom. The van der Waals surface area contributed by atoms with E-state index in [0.717, 1.165) is 15.6 Å². The van der Waals surface area contributed by atoms with E-state index in [2.05, 4.69) is 45.9 Å². The van der Waals surface area contributed by atoms with E-state index in [1.165, 1.54) is 10.6 Å². The molecular formula is C17H11BrN6O3. The van der Waals surface area contributed by atoms with Crippen LogP contribution in [0.3, 0.4) is 0 Å². The van der Waals surface area contributed by atoms with Crippen molar-refractivity contribution in [3.05, 3.63) is 64.7 Å². The summed E-state index contributed by atoms with van der Waals surface area (Å²) in [6.07, 6.45) is 2.39. The first kappa shape index (κ1) is 17.0. The van der Waals surface area contributed by atoms with Crippen LogP contribution in [0.2, 0.25) is 0 Å². The number of carboxylic acid groups (broad SMARTS) is 1. The van der Waals surface area contributed by atoms with Crippen LogP contribution in [0.1, 0.15) is 11.4 Å². The Bertz CT molecular complexity index is 1130. The Morgan fingerprint density at radius 2 is 1.96 bits per heavy atom. The van der Waals surface area contributed by atoms with Gasteiger partial charge >= 0.3 is 6.16 Å². The Balaban J connectivity index is 1.65. The van der Waals surface area contributed by atoms with E-state index in [1.807, 2.05) is 24.3 Å². The van der Waals surface area contributed by atoms with Gasteiger partial charge in [-0.15, -0.1) is 15.3 Å². The summed E-state index contributed by atoms with van der Waals surface area (Å²) < 4.78 is 6.86. The van der Waals surface area contributed by atoms with Gasteiger partial charge in [0.25, 0.3) is 0 Å². The van der Waals surface area contributed by atoms with Crippen LogP contribution in [0.4, 0.5) is 4.79 Å². The number of hydrogen-bond donors (Lipinski definition) is 1. The van der Waals surface area contributed by atoms with Gasteiger partial charge in [0.05, 0.1) is 4.47 Å². The smallest absolute Gasteiger partial charge is 0.449 e. The molecule has 0 unspecified atom stereocenters. The molecule has 10 heteroatoms. The topological polar surface area (TPSA) is 115 Å². The lowest BCUT2D eigenvalue weighted by Gasteiger charge is -2.05. The minimum absolute atomic E-state index is 0.0481. The molecule has 0 atom stereocenters. The summed E-state index contributed by atoms with van der Waals surface area (Å²) >= 11 is 3.32. The second kappa shape index (κ2) is 7.08. The van der Waals surface area contributed by atoms with Gasteiger partial charge in [0.2, 0.25) is 5.88 Å². The van der Waals surface area contributed by atoms with Gasteiger partial charge in [-0.2, -0.15) is 4.52 Å². The third kappa shape index (κ3) is 3.75. The molecule has 134 valence electrons. The van der Waals surface area contributed by atoms with Crippen molar-refractivity contribution in [1.82, 2.24) is 29.8 Å². The Morgan fingerprint density at radius 3 is 2.74 bits per heavy atom. The molecule has 0 saturated carbocycles. The maximum Gasteiger partial charge on any atom is 0.512 e. The number of hydrogen-bond acceptors (Lipinski definition) is 7. The minimum atomic E-state index is -1.43. The van der Waals surface area contributed by atoms with Crippen LogP contribution in [0.5, 0.6) is 5.88 Å². The molecule has 0 radical (unpaired) electrons. The quantitative estimate of drug-likeness (QED) is 0.495. The Kier molecular flexibility index (Phi) is 4.47. The van der Waals surface area contributed by atoms with E-state index in [9.17, 15) is 4.79 Å². The lowest BCUT2D eigenvalue weighted by Crippen LogP contribution is -2.07. The first-order valence-electron chi connectivity index (χ1n) is 7.77. The van der Waals surface area contributed by atoms with Gasteiger partial charge in [0.15, 0.2) is 17.3 Å². The zero-order chi connectivity index (χ0) is 18.8. The fourth-order valence-electron chi connectivity index (χ4n) is 2.53. The zero-order valence-electron chi connectivity index (χ0n) is 13.7. The molecule has 0 aliphatic carbocycles. The van der Waals surface area contributed by atoms with E-state index in [-0.39, 0.29) is 5.88 Å². The van der Waals surface area contributed by atoms with Gasteiger partial charge in [-0.05, 0) is 33.6 Å². The van der Waals surface area contributed by atoms with E-state index >= 15 is 0 Å². The maximum absolute atomic E-state index is 10.7. The number of nitrogens with zero attached hydrogens (tertiary/aromatic N) is 6. The number of carbonyl (C=O) groups is 1. The molecule has 3 aromatic heterocycles. The van der Waals surface area contributed by atoms with Crippen LogP contribution < -0.4 is 4.74 Å². The van der Waals surface area contributed by atoms with Gasteiger partial charge in [-0.1, -0.05) is 18.2 Å². The van der Waals surface area contributed by atoms with Gasteiger partial charge in [0, 0.05) is 30.4 Å². The van der Waals surface area contributed by atoms with Crippen molar-refractivity contribution < 1.29 is 14.6 Å². The summed E-state index contributed by atoms with van der Waals surface area (Å²) in [7, 11) is 0. The third-order valence-electron chi connectivity index (χ3n) is 3.66. The van der Waals surface area contributed by atoms with E-state index in [0.29, 0.717) is 23.7 Å². The highest BCUT2D eigenvalue weighted by atomic mass is 79.9. The van der Waals surface area contributed by atoms with Gasteiger partial charge in [0.1, 0.15) is 0 Å². The van der Waals surface area contributed by atoms with Gasteiger partial charge in [-0.3, -0.25) is 0 Å². The van der Waals surface area contributed by atoms with Crippen molar-refractivity contribution in [3.63, 3.8) is 0 Å². The fourth-order valence-corrected chi connectivity index (χ4v) is 2.74. The molecule has 4 aromatic rings. The fraction of sp³-hybridized carbons (Fsp3) is 0.0588. The minimum Gasteiger partial charge on any atom is -0.449 e. The molecule has 4 rings (SSSR count). The van der Waals surface area contributed by atoms with E-state index in [4.69, 9.17) is 5.11 Å². The van der Waals surface area contributed by atoms with Crippen molar-refractivity contribution in [2.75, 3.05) is 0 Å². The van der Waals surface area contributed by atoms with Crippen molar-refractivity contribution in [3.8, 4) is 17.3 Å². The average Bonchev–Trinajstić information content (AvgIpc) is 3.04. The third-order valence-corrected chi connectivity index (χ3v) is 4.07. The molecule has 0 amide bonds. The van der Waals surface area contributed by atoms with Crippen molar-refractivity contribution in [2.24, 2.45) is 0 Å². The van der Waals surface area contributed by atoms with Crippen molar-refractivity contribution in [1.29, 1.82) is 0 Å². The number of aromatic nitrogens is 6. The molecule has 1 N–H and O–H groups in total. The Labute approximate surface area is 160 Å². The van der Waals surface area contributed by atoms with Gasteiger partial charge < -0.3 is 9.84 Å². The highest BCUT2D eigenvalue weighted by Gasteiger charge is 2.11. The van der Waals surface area contributed by atoms with Crippen LogP contribution in [-0.2, 0) is 6.42 Å². The lowest BCUT2D eigenvalue weighted by molar-refractivity contribution is 0.142. The highest BCUT2D eigenvalue weighted by molar-refractivity contribution is 9.10. The maximum atomic E-state index is 10.7. The molecule has 3 heterocycles. The van der Waals surface area contributed by atoms with Crippen LogP contribution in [0, 0.1) is 0 Å². The molecule has 0 fully saturated rings. The van der Waals surface area contributed by atoms with Crippen molar-refractivity contribution in [2.45, 2.75) is 6.42 Å². The molecule has 0 bridgehead atoms. The van der Waals surface area contributed by atoms with Crippen LogP contribution in [0.15, 0.2) is 53.3 Å². The first-order valence-corrected chi connectivity index (χ1v) is 8.57. The molecule has 1 aromatic carbocycles. The largest absolute Gasteiger partial charge is 0.512 e. The standard InChI is InChI=1S/C17H11BrN6O3/c18-12-8-19-16(20-9-12)11-3-1-2-10(6-11)7-14-22-21-13-4-5-15(23-24(13)14)27-17(25)26/h1-6,8-9H,7H2,(H,25,26). The second-order valence-corrected chi connectivity index (χ2v) is 6.44. The lowest BCUT2D eigenvalue weighted by atomic mass is 10.1. The SMILES string of the molecule is O=C(O)Oc1ccc2nnc(Cc3cccc(-c4ncc(Br)cn4)c3)n2n1. The van der Waals surface area contributed by atoms with Crippen LogP contribution in [-0.4, -0.2) is 41.0 Å². The number of halogens is 1. The molecule has 0 saturated heterocycles. The highest BCUT2D eigenvalue weighted by Crippen LogP contribution is 2.19. The van der Waals surface area contributed by atoms with E-state index < -0.39 is 6.16 Å². The molecule has 0 aliphatic heterocycles. The number of fused-ring (bicyclic) bond motifs is 1.